The van der Waals surface area contributed by atoms with E-state index < -0.39 is 0 Å². The fourth-order valence-electron chi connectivity index (χ4n) is 3.75. The summed E-state index contributed by atoms with van der Waals surface area (Å²) >= 11 is 1.43. The van der Waals surface area contributed by atoms with Gasteiger partial charge in [-0.1, -0.05) is 37.3 Å². The monoisotopic (exact) mass is 464 g/mol. The smallest absolute Gasteiger partial charge is 0.257 e. The molecule has 0 radical (unpaired) electrons. The van der Waals surface area contributed by atoms with Crippen molar-refractivity contribution < 1.29 is 19.1 Å². The quantitative estimate of drug-likeness (QED) is 0.519. The first-order valence-corrected chi connectivity index (χ1v) is 12.0. The van der Waals surface area contributed by atoms with Gasteiger partial charge in [0, 0.05) is 23.5 Å². The average Bonchev–Trinajstić information content (AvgIpc) is 3.19. The molecule has 0 aliphatic carbocycles. The number of ether oxygens (including phenoxy) is 2. The maximum absolute atomic E-state index is 13.5. The first-order chi connectivity index (χ1) is 16.1. The lowest BCUT2D eigenvalue weighted by Gasteiger charge is -2.27. The molecule has 0 unspecified atom stereocenters. The van der Waals surface area contributed by atoms with Crippen molar-refractivity contribution in [1.29, 1.82) is 0 Å². The molecule has 0 spiro atoms. The highest BCUT2D eigenvalue weighted by Gasteiger charge is 2.28. The van der Waals surface area contributed by atoms with Crippen molar-refractivity contribution in [1.82, 2.24) is 4.90 Å². The topological polar surface area (TPSA) is 67.9 Å². The predicted octanol–water partition coefficient (Wildman–Crippen LogP) is 5.24. The van der Waals surface area contributed by atoms with Crippen molar-refractivity contribution in [2.24, 2.45) is 0 Å². The molecule has 0 bridgehead atoms. The van der Waals surface area contributed by atoms with Gasteiger partial charge < -0.3 is 19.7 Å². The molecular formula is C26H28N2O4S. The first kappa shape index (κ1) is 23.0. The minimum Gasteiger partial charge on any atom is -0.494 e. The van der Waals surface area contributed by atoms with E-state index in [1.54, 1.807) is 29.2 Å². The highest BCUT2D eigenvalue weighted by Crippen LogP contribution is 2.40. The summed E-state index contributed by atoms with van der Waals surface area (Å²) in [6.45, 7) is 6.76. The molecular weight excluding hydrogens is 436 g/mol. The fourth-order valence-corrected chi connectivity index (χ4v) is 4.95. The van der Waals surface area contributed by atoms with Crippen LogP contribution in [0, 0.1) is 6.92 Å². The number of hydrogen-bond acceptors (Lipinski definition) is 5. The Balaban J connectivity index is 1.64. The predicted molar refractivity (Wildman–Crippen MR) is 131 cm³/mol. The van der Waals surface area contributed by atoms with E-state index in [1.807, 2.05) is 44.2 Å². The molecule has 1 saturated heterocycles. The summed E-state index contributed by atoms with van der Waals surface area (Å²) in [6.07, 6.45) is 0.920. The average molecular weight is 465 g/mol. The molecule has 2 heterocycles. The Labute approximate surface area is 198 Å². The van der Waals surface area contributed by atoms with Crippen LogP contribution < -0.4 is 10.1 Å². The van der Waals surface area contributed by atoms with Gasteiger partial charge in [0.1, 0.15) is 10.8 Å². The van der Waals surface area contributed by atoms with Gasteiger partial charge in [0.05, 0.1) is 25.4 Å². The van der Waals surface area contributed by atoms with Crippen molar-refractivity contribution in [2.75, 3.05) is 38.2 Å². The van der Waals surface area contributed by atoms with Gasteiger partial charge in [-0.25, -0.2) is 0 Å². The lowest BCUT2D eigenvalue weighted by Crippen LogP contribution is -2.41. The zero-order valence-electron chi connectivity index (χ0n) is 18.9. The van der Waals surface area contributed by atoms with Gasteiger partial charge in [0.15, 0.2) is 0 Å². The van der Waals surface area contributed by atoms with Crippen LogP contribution in [0.1, 0.15) is 39.6 Å². The highest BCUT2D eigenvalue weighted by molar-refractivity contribution is 7.20. The third kappa shape index (κ3) is 5.26. The SMILES string of the molecule is CCCOc1ccc(C(=O)Nc2sc(-c3ccccc3)c(C)c2C(=O)N2CCOCC2)cc1. The number of benzene rings is 2. The van der Waals surface area contributed by atoms with Crippen molar-refractivity contribution in [2.45, 2.75) is 20.3 Å². The normalized spacial score (nSPS) is 13.6. The number of nitrogens with one attached hydrogen (secondary N) is 1. The summed E-state index contributed by atoms with van der Waals surface area (Å²) in [6, 6.07) is 17.0. The number of carbonyl (C=O) groups is 2. The Hall–Kier alpha value is -3.16. The fraction of sp³-hybridized carbons (Fsp3) is 0.308. The van der Waals surface area contributed by atoms with Gasteiger partial charge in [0.2, 0.25) is 0 Å². The van der Waals surface area contributed by atoms with Crippen molar-refractivity contribution in [3.05, 3.63) is 71.3 Å². The minimum atomic E-state index is -0.256. The van der Waals surface area contributed by atoms with E-state index in [0.717, 1.165) is 28.2 Å². The molecule has 2 amide bonds. The second-order valence-electron chi connectivity index (χ2n) is 7.86. The third-order valence-corrected chi connectivity index (χ3v) is 6.77. The van der Waals surface area contributed by atoms with Crippen LogP contribution in [0.2, 0.25) is 0 Å². The second kappa shape index (κ2) is 10.6. The van der Waals surface area contributed by atoms with E-state index in [4.69, 9.17) is 9.47 Å². The van der Waals surface area contributed by atoms with E-state index in [0.29, 0.717) is 49.0 Å². The van der Waals surface area contributed by atoms with Crippen LogP contribution in [0.3, 0.4) is 0 Å². The molecule has 1 fully saturated rings. The van der Waals surface area contributed by atoms with Gasteiger partial charge in [-0.05, 0) is 48.7 Å². The standard InChI is InChI=1S/C26H28N2O4S/c1-3-15-32-21-11-9-20(10-12-21)24(29)27-25-22(26(30)28-13-16-31-17-14-28)18(2)23(33-25)19-7-5-4-6-8-19/h4-12H,3,13-17H2,1-2H3,(H,27,29). The number of carbonyl (C=O) groups excluding carboxylic acids is 2. The number of thiophene rings is 1. The maximum atomic E-state index is 13.5. The Bertz CT molecular complexity index is 1100. The molecule has 3 aromatic rings. The summed E-state index contributed by atoms with van der Waals surface area (Å²) < 4.78 is 11.0. The molecule has 1 aliphatic heterocycles. The van der Waals surface area contributed by atoms with Gasteiger partial charge >= 0.3 is 0 Å². The van der Waals surface area contributed by atoms with E-state index in [-0.39, 0.29) is 11.8 Å². The van der Waals surface area contributed by atoms with Crippen molar-refractivity contribution in [3.8, 4) is 16.2 Å². The van der Waals surface area contributed by atoms with E-state index in [2.05, 4.69) is 5.32 Å². The summed E-state index contributed by atoms with van der Waals surface area (Å²) in [4.78, 5) is 29.3. The molecule has 2 aromatic carbocycles. The van der Waals surface area contributed by atoms with Gasteiger partial charge in [-0.2, -0.15) is 0 Å². The van der Waals surface area contributed by atoms with Gasteiger partial charge in [0.25, 0.3) is 11.8 Å². The zero-order chi connectivity index (χ0) is 23.2. The molecule has 172 valence electrons. The van der Waals surface area contributed by atoms with Crippen LogP contribution >= 0.6 is 11.3 Å². The van der Waals surface area contributed by atoms with Crippen LogP contribution in [0.5, 0.6) is 5.75 Å². The molecule has 7 heteroatoms. The Kier molecular flexibility index (Phi) is 7.42. The van der Waals surface area contributed by atoms with E-state index in [1.165, 1.54) is 11.3 Å². The summed E-state index contributed by atoms with van der Waals surface area (Å²) in [5.41, 5.74) is 2.96. The number of anilines is 1. The number of amides is 2. The summed E-state index contributed by atoms with van der Waals surface area (Å²) in [5.74, 6) is 0.400. The second-order valence-corrected chi connectivity index (χ2v) is 8.88. The minimum absolute atomic E-state index is 0.0761. The molecule has 0 atom stereocenters. The Morgan fingerprint density at radius 1 is 1.06 bits per heavy atom. The van der Waals surface area contributed by atoms with E-state index >= 15 is 0 Å². The number of hydrogen-bond donors (Lipinski definition) is 1. The lowest BCUT2D eigenvalue weighted by molar-refractivity contribution is 0.0303. The van der Waals surface area contributed by atoms with Crippen LogP contribution in [0.25, 0.3) is 10.4 Å². The molecule has 1 aromatic heterocycles. The van der Waals surface area contributed by atoms with E-state index in [9.17, 15) is 9.59 Å². The maximum Gasteiger partial charge on any atom is 0.257 e. The largest absolute Gasteiger partial charge is 0.494 e. The van der Waals surface area contributed by atoms with Crippen molar-refractivity contribution in [3.63, 3.8) is 0 Å². The Morgan fingerprint density at radius 3 is 2.42 bits per heavy atom. The molecule has 33 heavy (non-hydrogen) atoms. The van der Waals surface area contributed by atoms with Crippen LogP contribution in [0.15, 0.2) is 54.6 Å². The molecule has 6 nitrogen and oxygen atoms in total. The molecule has 1 N–H and O–H groups in total. The zero-order valence-corrected chi connectivity index (χ0v) is 19.7. The number of morpholine rings is 1. The molecule has 4 rings (SSSR count). The highest BCUT2D eigenvalue weighted by atomic mass is 32.1. The summed E-state index contributed by atoms with van der Waals surface area (Å²) in [5, 5.41) is 3.57. The third-order valence-electron chi connectivity index (χ3n) is 5.51. The van der Waals surface area contributed by atoms with Gasteiger partial charge in [-0.15, -0.1) is 11.3 Å². The molecule has 1 aliphatic rings. The first-order valence-electron chi connectivity index (χ1n) is 11.2. The van der Waals surface area contributed by atoms with Gasteiger partial charge in [-0.3, -0.25) is 9.59 Å². The van der Waals surface area contributed by atoms with Crippen LogP contribution in [0.4, 0.5) is 5.00 Å². The Morgan fingerprint density at radius 2 is 1.76 bits per heavy atom. The van der Waals surface area contributed by atoms with Crippen LogP contribution in [-0.4, -0.2) is 49.6 Å². The summed E-state index contributed by atoms with van der Waals surface area (Å²) in [7, 11) is 0. The number of rotatable bonds is 7. The van der Waals surface area contributed by atoms with Crippen molar-refractivity contribution >= 4 is 28.2 Å². The van der Waals surface area contributed by atoms with Crippen LogP contribution in [-0.2, 0) is 4.74 Å². The lowest BCUT2D eigenvalue weighted by atomic mass is 10.1. The molecule has 0 saturated carbocycles. The number of nitrogens with zero attached hydrogens (tertiary/aromatic N) is 1.